The predicted molar refractivity (Wildman–Crippen MR) is 101 cm³/mol. The second-order valence-electron chi connectivity index (χ2n) is 7.69. The zero-order valence-electron chi connectivity index (χ0n) is 15.3. The molecular formula is C20H26N4O2. The molecule has 1 aromatic carbocycles. The van der Waals surface area contributed by atoms with Crippen molar-refractivity contribution in [2.45, 2.75) is 12.0 Å². The number of pyridine rings is 1. The Hall–Kier alpha value is -2.02. The lowest BCUT2D eigenvalue weighted by molar-refractivity contribution is 0.000527. The van der Waals surface area contributed by atoms with E-state index in [2.05, 4.69) is 21.8 Å². The van der Waals surface area contributed by atoms with Crippen LogP contribution in [0.25, 0.3) is 10.9 Å². The van der Waals surface area contributed by atoms with Gasteiger partial charge >= 0.3 is 0 Å². The average Bonchev–Trinajstić information content (AvgIpc) is 3.04. The number of hydrogen-bond donors (Lipinski definition) is 1. The number of benzene rings is 1. The zero-order valence-corrected chi connectivity index (χ0v) is 15.3. The van der Waals surface area contributed by atoms with Crippen LogP contribution in [-0.2, 0) is 0 Å². The summed E-state index contributed by atoms with van der Waals surface area (Å²) in [6.45, 7) is 5.67. The molecule has 1 aromatic heterocycles. The number of likely N-dealkylation sites (tertiary alicyclic amines) is 1. The fourth-order valence-corrected chi connectivity index (χ4v) is 3.97. The van der Waals surface area contributed by atoms with Gasteiger partial charge in [-0.2, -0.15) is 0 Å². The molecule has 2 saturated heterocycles. The fourth-order valence-electron chi connectivity index (χ4n) is 3.97. The van der Waals surface area contributed by atoms with Crippen LogP contribution in [0.5, 0.6) is 0 Å². The van der Waals surface area contributed by atoms with Crippen LogP contribution in [0.15, 0.2) is 36.5 Å². The first-order valence-electron chi connectivity index (χ1n) is 9.30. The summed E-state index contributed by atoms with van der Waals surface area (Å²) in [5, 5.41) is 12.0. The molecule has 1 unspecified atom stereocenters. The van der Waals surface area contributed by atoms with Crippen LogP contribution in [0.2, 0.25) is 0 Å². The van der Waals surface area contributed by atoms with Gasteiger partial charge in [0.15, 0.2) is 0 Å². The second kappa shape index (κ2) is 6.95. The van der Waals surface area contributed by atoms with Gasteiger partial charge in [0.05, 0.1) is 17.7 Å². The highest BCUT2D eigenvalue weighted by atomic mass is 16.3. The van der Waals surface area contributed by atoms with E-state index >= 15 is 0 Å². The lowest BCUT2D eigenvalue weighted by Gasteiger charge is -2.36. The molecule has 1 N–H and O–H groups in total. The third-order valence-electron chi connectivity index (χ3n) is 5.58. The number of hydrogen-bond acceptors (Lipinski definition) is 5. The maximum Gasteiger partial charge on any atom is 0.253 e. The molecule has 0 aliphatic carbocycles. The van der Waals surface area contributed by atoms with Crippen LogP contribution in [0.4, 0.5) is 0 Å². The van der Waals surface area contributed by atoms with Crippen LogP contribution in [0, 0.1) is 0 Å². The van der Waals surface area contributed by atoms with E-state index in [-0.39, 0.29) is 5.91 Å². The van der Waals surface area contributed by atoms with Crippen molar-refractivity contribution in [3.05, 3.63) is 42.1 Å². The SMILES string of the molecule is CN1CCN(CC2(O)CCN(C(=O)c3ccc4ncccc4c3)C2)CC1. The van der Waals surface area contributed by atoms with Crippen molar-refractivity contribution in [3.63, 3.8) is 0 Å². The molecule has 3 heterocycles. The highest BCUT2D eigenvalue weighted by molar-refractivity contribution is 5.98. The summed E-state index contributed by atoms with van der Waals surface area (Å²) in [4.78, 5) is 23.6. The van der Waals surface area contributed by atoms with E-state index in [1.165, 1.54) is 0 Å². The van der Waals surface area contributed by atoms with Crippen molar-refractivity contribution in [1.29, 1.82) is 0 Å². The molecule has 2 aliphatic rings. The quantitative estimate of drug-likeness (QED) is 0.893. The molecule has 6 nitrogen and oxygen atoms in total. The topological polar surface area (TPSA) is 59.9 Å². The normalized spacial score (nSPS) is 25.1. The first kappa shape index (κ1) is 17.4. The van der Waals surface area contributed by atoms with Crippen LogP contribution in [0.3, 0.4) is 0 Å². The van der Waals surface area contributed by atoms with Gasteiger partial charge in [-0.15, -0.1) is 0 Å². The summed E-state index contributed by atoms with van der Waals surface area (Å²) in [7, 11) is 2.13. The maximum absolute atomic E-state index is 12.9. The van der Waals surface area contributed by atoms with E-state index in [0.29, 0.717) is 31.6 Å². The molecule has 138 valence electrons. The van der Waals surface area contributed by atoms with Crippen molar-refractivity contribution >= 4 is 16.8 Å². The molecule has 0 bridgehead atoms. The zero-order chi connectivity index (χ0) is 18.1. The average molecular weight is 354 g/mol. The van der Waals surface area contributed by atoms with Crippen molar-refractivity contribution < 1.29 is 9.90 Å². The summed E-state index contributed by atoms with van der Waals surface area (Å²) in [6.07, 6.45) is 2.39. The van der Waals surface area contributed by atoms with Gasteiger partial charge in [-0.1, -0.05) is 6.07 Å². The van der Waals surface area contributed by atoms with Crippen LogP contribution in [0.1, 0.15) is 16.8 Å². The predicted octanol–water partition coefficient (Wildman–Crippen LogP) is 1.06. The number of aromatic nitrogens is 1. The third kappa shape index (κ3) is 3.58. The highest BCUT2D eigenvalue weighted by Gasteiger charge is 2.40. The minimum atomic E-state index is -0.802. The maximum atomic E-state index is 12.9. The number of rotatable bonds is 3. The summed E-state index contributed by atoms with van der Waals surface area (Å²) >= 11 is 0. The van der Waals surface area contributed by atoms with Gasteiger partial charge in [0.2, 0.25) is 0 Å². The Kier molecular flexibility index (Phi) is 4.65. The molecule has 2 aromatic rings. The van der Waals surface area contributed by atoms with Gasteiger partial charge in [-0.3, -0.25) is 14.7 Å². The Morgan fingerprint density at radius 1 is 1.19 bits per heavy atom. The van der Waals surface area contributed by atoms with Crippen molar-refractivity contribution in [1.82, 2.24) is 19.7 Å². The number of carbonyl (C=O) groups excluding carboxylic acids is 1. The highest BCUT2D eigenvalue weighted by Crippen LogP contribution is 2.25. The Morgan fingerprint density at radius 3 is 2.81 bits per heavy atom. The van der Waals surface area contributed by atoms with Crippen LogP contribution >= 0.6 is 0 Å². The summed E-state index contributed by atoms with van der Waals surface area (Å²) < 4.78 is 0. The fraction of sp³-hybridized carbons (Fsp3) is 0.500. The molecule has 4 rings (SSSR count). The number of likely N-dealkylation sites (N-methyl/N-ethyl adjacent to an activating group) is 1. The smallest absolute Gasteiger partial charge is 0.253 e. The van der Waals surface area contributed by atoms with E-state index in [9.17, 15) is 9.90 Å². The molecule has 1 atom stereocenters. The first-order chi connectivity index (χ1) is 12.5. The van der Waals surface area contributed by atoms with Gasteiger partial charge < -0.3 is 14.9 Å². The van der Waals surface area contributed by atoms with Crippen LogP contribution < -0.4 is 0 Å². The number of amides is 1. The lowest BCUT2D eigenvalue weighted by atomic mass is 10.0. The van der Waals surface area contributed by atoms with Gasteiger partial charge in [0.25, 0.3) is 5.91 Å². The molecule has 0 radical (unpaired) electrons. The lowest BCUT2D eigenvalue weighted by Crippen LogP contribution is -2.52. The van der Waals surface area contributed by atoms with Gasteiger partial charge in [0, 0.05) is 56.4 Å². The van der Waals surface area contributed by atoms with Crippen molar-refractivity contribution in [2.75, 3.05) is 52.9 Å². The van der Waals surface area contributed by atoms with Crippen molar-refractivity contribution in [3.8, 4) is 0 Å². The number of piperazine rings is 1. The second-order valence-corrected chi connectivity index (χ2v) is 7.69. The first-order valence-corrected chi connectivity index (χ1v) is 9.30. The number of carbonyl (C=O) groups is 1. The number of β-amino-alcohol motifs (C(OH)–C–C–N with tert-alkyl or cyclic N) is 1. The van der Waals surface area contributed by atoms with E-state index in [0.717, 1.165) is 37.1 Å². The number of aliphatic hydroxyl groups is 1. The molecule has 26 heavy (non-hydrogen) atoms. The number of fused-ring (bicyclic) bond motifs is 1. The molecule has 0 spiro atoms. The molecule has 0 saturated carbocycles. The summed E-state index contributed by atoms with van der Waals surface area (Å²) in [5.74, 6) is -0.00921. The molecule has 2 fully saturated rings. The Labute approximate surface area is 154 Å². The monoisotopic (exact) mass is 354 g/mol. The Morgan fingerprint density at radius 2 is 2.00 bits per heavy atom. The molecule has 1 amide bonds. The minimum absolute atomic E-state index is 0.00921. The number of nitrogens with zero attached hydrogens (tertiary/aromatic N) is 4. The molecule has 2 aliphatic heterocycles. The standard InChI is InChI=1S/C20H26N4O2/c1-22-9-11-23(12-10-22)14-20(26)6-8-24(15-20)19(25)17-4-5-18-16(13-17)3-2-7-21-18/h2-5,7,13,26H,6,8-12,14-15H2,1H3. The Balaban J connectivity index is 1.42. The van der Waals surface area contributed by atoms with Gasteiger partial charge in [-0.25, -0.2) is 0 Å². The summed E-state index contributed by atoms with van der Waals surface area (Å²) in [5.41, 5.74) is 0.746. The van der Waals surface area contributed by atoms with Gasteiger partial charge in [0.1, 0.15) is 0 Å². The van der Waals surface area contributed by atoms with Gasteiger partial charge in [-0.05, 0) is 37.7 Å². The summed E-state index contributed by atoms with van der Waals surface area (Å²) in [6, 6.07) is 9.45. The van der Waals surface area contributed by atoms with E-state index in [4.69, 9.17) is 0 Å². The van der Waals surface area contributed by atoms with Crippen LogP contribution in [-0.4, -0.2) is 89.2 Å². The third-order valence-corrected chi connectivity index (χ3v) is 5.58. The van der Waals surface area contributed by atoms with E-state index < -0.39 is 5.60 Å². The molecular weight excluding hydrogens is 328 g/mol. The van der Waals surface area contributed by atoms with E-state index in [1.54, 1.807) is 11.1 Å². The molecule has 6 heteroatoms. The largest absolute Gasteiger partial charge is 0.387 e. The Bertz CT molecular complexity index is 803. The minimum Gasteiger partial charge on any atom is -0.387 e. The van der Waals surface area contributed by atoms with Crippen molar-refractivity contribution in [2.24, 2.45) is 0 Å². The van der Waals surface area contributed by atoms with E-state index in [1.807, 2.05) is 30.3 Å².